The summed E-state index contributed by atoms with van der Waals surface area (Å²) in [4.78, 5) is 13.6. The number of aliphatic hydroxyl groups excluding tert-OH is 1. The van der Waals surface area contributed by atoms with Crippen molar-refractivity contribution in [1.82, 2.24) is 5.32 Å². The molecule has 0 aliphatic heterocycles. The van der Waals surface area contributed by atoms with E-state index in [0.29, 0.717) is 19.8 Å². The Morgan fingerprint density at radius 1 is 1.55 bits per heavy atom. The van der Waals surface area contributed by atoms with Crippen molar-refractivity contribution in [1.29, 1.82) is 0 Å². The number of aliphatic hydroxyl groups is 1. The molecule has 1 aliphatic rings. The highest BCUT2D eigenvalue weighted by atomic mass is 32.1. The van der Waals surface area contributed by atoms with Crippen molar-refractivity contribution in [3.8, 4) is 0 Å². The van der Waals surface area contributed by atoms with Gasteiger partial charge in [-0.25, -0.2) is 0 Å². The molecule has 0 aromatic carbocycles. The van der Waals surface area contributed by atoms with Crippen molar-refractivity contribution in [2.24, 2.45) is 5.92 Å². The molecule has 1 aliphatic carbocycles. The molecule has 2 rings (SSSR count). The van der Waals surface area contributed by atoms with E-state index in [0.717, 1.165) is 30.7 Å². The van der Waals surface area contributed by atoms with E-state index in [1.165, 1.54) is 16.9 Å². The number of ether oxygens (including phenoxy) is 1. The van der Waals surface area contributed by atoms with Gasteiger partial charge in [0.15, 0.2) is 0 Å². The van der Waals surface area contributed by atoms with Gasteiger partial charge in [0.1, 0.15) is 0 Å². The summed E-state index contributed by atoms with van der Waals surface area (Å²) in [6, 6.07) is 0. The van der Waals surface area contributed by atoms with Crippen LogP contribution in [0.15, 0.2) is 5.38 Å². The Morgan fingerprint density at radius 2 is 2.40 bits per heavy atom. The topological polar surface area (TPSA) is 58.6 Å². The van der Waals surface area contributed by atoms with Gasteiger partial charge in [-0.2, -0.15) is 0 Å². The molecule has 112 valence electrons. The molecule has 20 heavy (non-hydrogen) atoms. The van der Waals surface area contributed by atoms with Crippen molar-refractivity contribution < 1.29 is 14.6 Å². The van der Waals surface area contributed by atoms with Crippen LogP contribution in [0.25, 0.3) is 0 Å². The fourth-order valence-electron chi connectivity index (χ4n) is 2.51. The lowest BCUT2D eigenvalue weighted by molar-refractivity contribution is 0.0867. The number of carbonyl (C=O) groups is 1. The molecule has 2 N–H and O–H groups in total. The molecule has 0 fully saturated rings. The number of fused-ring (bicyclic) bond motifs is 1. The zero-order valence-electron chi connectivity index (χ0n) is 12.0. The van der Waals surface area contributed by atoms with Gasteiger partial charge in [-0.3, -0.25) is 4.79 Å². The minimum atomic E-state index is 0.0409. The molecule has 0 saturated heterocycles. The number of hydrogen-bond donors (Lipinski definition) is 2. The predicted molar refractivity (Wildman–Crippen MR) is 80.4 cm³/mol. The van der Waals surface area contributed by atoms with Crippen LogP contribution in [0.3, 0.4) is 0 Å². The third-order valence-electron chi connectivity index (χ3n) is 3.63. The number of amides is 1. The molecular formula is C15H23NO3S. The minimum absolute atomic E-state index is 0.0409. The van der Waals surface area contributed by atoms with E-state index in [-0.39, 0.29) is 12.5 Å². The van der Waals surface area contributed by atoms with Crippen LogP contribution in [-0.4, -0.2) is 37.4 Å². The van der Waals surface area contributed by atoms with Gasteiger partial charge >= 0.3 is 0 Å². The number of thiophene rings is 1. The molecule has 1 atom stereocenters. The van der Waals surface area contributed by atoms with E-state index >= 15 is 0 Å². The molecule has 1 amide bonds. The van der Waals surface area contributed by atoms with Gasteiger partial charge in [-0.15, -0.1) is 11.3 Å². The number of hydrogen-bond acceptors (Lipinski definition) is 4. The average Bonchev–Trinajstić information content (AvgIpc) is 2.85. The van der Waals surface area contributed by atoms with E-state index in [9.17, 15) is 4.79 Å². The van der Waals surface area contributed by atoms with Crippen LogP contribution in [0, 0.1) is 5.92 Å². The second-order valence-electron chi connectivity index (χ2n) is 5.34. The lowest BCUT2D eigenvalue weighted by Crippen LogP contribution is -2.26. The van der Waals surface area contributed by atoms with Crippen molar-refractivity contribution in [3.63, 3.8) is 0 Å². The lowest BCUT2D eigenvalue weighted by atomic mass is 9.88. The summed E-state index contributed by atoms with van der Waals surface area (Å²) in [6.07, 6.45) is 4.10. The van der Waals surface area contributed by atoms with Gasteiger partial charge in [0, 0.05) is 23.4 Å². The highest BCUT2D eigenvalue weighted by Gasteiger charge is 2.22. The number of rotatable bonds is 7. The molecule has 0 bridgehead atoms. The average molecular weight is 297 g/mol. The Kier molecular flexibility index (Phi) is 6.01. The maximum Gasteiger partial charge on any atom is 0.252 e. The molecule has 5 heteroatoms. The predicted octanol–water partition coefficient (Wildman–Crippen LogP) is 2.00. The van der Waals surface area contributed by atoms with Crippen LogP contribution < -0.4 is 5.32 Å². The Hall–Kier alpha value is -0.910. The van der Waals surface area contributed by atoms with Gasteiger partial charge in [0.05, 0.1) is 18.8 Å². The molecule has 4 nitrogen and oxygen atoms in total. The summed E-state index contributed by atoms with van der Waals surface area (Å²) in [6.45, 7) is 3.87. The van der Waals surface area contributed by atoms with Gasteiger partial charge < -0.3 is 15.2 Å². The van der Waals surface area contributed by atoms with Crippen LogP contribution in [0.5, 0.6) is 0 Å². The fraction of sp³-hybridized carbons (Fsp3) is 0.667. The fourth-order valence-corrected chi connectivity index (χ4v) is 3.75. The van der Waals surface area contributed by atoms with E-state index in [1.54, 1.807) is 11.3 Å². The molecular weight excluding hydrogens is 274 g/mol. The zero-order valence-corrected chi connectivity index (χ0v) is 12.8. The summed E-state index contributed by atoms with van der Waals surface area (Å²) in [5.41, 5.74) is 2.13. The van der Waals surface area contributed by atoms with Gasteiger partial charge in [0.25, 0.3) is 5.91 Å². The highest BCUT2D eigenvalue weighted by Crippen LogP contribution is 2.32. The third-order valence-corrected chi connectivity index (χ3v) is 4.68. The van der Waals surface area contributed by atoms with Crippen molar-refractivity contribution in [2.45, 2.75) is 32.6 Å². The van der Waals surface area contributed by atoms with Crippen molar-refractivity contribution >= 4 is 17.2 Å². The SMILES string of the molecule is CC1CCc2c(C(=O)NCCCOCCO)csc2C1. The Morgan fingerprint density at radius 3 is 3.20 bits per heavy atom. The summed E-state index contributed by atoms with van der Waals surface area (Å²) in [7, 11) is 0. The van der Waals surface area contributed by atoms with Crippen LogP contribution in [0.1, 0.15) is 40.6 Å². The van der Waals surface area contributed by atoms with Crippen LogP contribution in [0.4, 0.5) is 0 Å². The number of carbonyl (C=O) groups excluding carboxylic acids is 1. The first-order valence-corrected chi connectivity index (χ1v) is 8.16. The summed E-state index contributed by atoms with van der Waals surface area (Å²) < 4.78 is 5.16. The molecule has 1 unspecified atom stereocenters. The van der Waals surface area contributed by atoms with E-state index in [4.69, 9.17) is 9.84 Å². The third kappa shape index (κ3) is 4.04. The van der Waals surface area contributed by atoms with Crippen molar-refractivity contribution in [3.05, 3.63) is 21.4 Å². The quantitative estimate of drug-likeness (QED) is 0.757. The first-order chi connectivity index (χ1) is 9.72. The standard InChI is InChI=1S/C15H23NO3S/c1-11-3-4-12-13(10-20-14(12)9-11)15(18)16-5-2-7-19-8-6-17/h10-11,17H,2-9H2,1H3,(H,16,18). The lowest BCUT2D eigenvalue weighted by Gasteiger charge is -2.18. The maximum atomic E-state index is 12.2. The number of nitrogens with one attached hydrogen (secondary N) is 1. The first-order valence-electron chi connectivity index (χ1n) is 7.28. The molecule has 0 radical (unpaired) electrons. The zero-order chi connectivity index (χ0) is 14.4. The van der Waals surface area contributed by atoms with Crippen LogP contribution >= 0.6 is 11.3 Å². The van der Waals surface area contributed by atoms with Gasteiger partial charge in [-0.05, 0) is 37.2 Å². The molecule has 1 aromatic rings. The Bertz CT molecular complexity index is 444. The molecule has 0 spiro atoms. The maximum absolute atomic E-state index is 12.2. The minimum Gasteiger partial charge on any atom is -0.394 e. The van der Waals surface area contributed by atoms with Crippen molar-refractivity contribution in [2.75, 3.05) is 26.4 Å². The van der Waals surface area contributed by atoms with Gasteiger partial charge in [0.2, 0.25) is 0 Å². The van der Waals surface area contributed by atoms with E-state index in [2.05, 4.69) is 12.2 Å². The van der Waals surface area contributed by atoms with Gasteiger partial charge in [-0.1, -0.05) is 6.92 Å². The molecule has 0 saturated carbocycles. The Balaban J connectivity index is 1.79. The van der Waals surface area contributed by atoms with Crippen LogP contribution in [-0.2, 0) is 17.6 Å². The summed E-state index contributed by atoms with van der Waals surface area (Å²) in [5.74, 6) is 0.778. The monoisotopic (exact) mass is 297 g/mol. The smallest absolute Gasteiger partial charge is 0.252 e. The van der Waals surface area contributed by atoms with E-state index < -0.39 is 0 Å². The summed E-state index contributed by atoms with van der Waals surface area (Å²) in [5, 5.41) is 13.5. The normalized spacial score (nSPS) is 17.8. The van der Waals surface area contributed by atoms with E-state index in [1.807, 2.05) is 5.38 Å². The molecule has 1 heterocycles. The highest BCUT2D eigenvalue weighted by molar-refractivity contribution is 7.10. The van der Waals surface area contributed by atoms with Crippen LogP contribution in [0.2, 0.25) is 0 Å². The molecule has 1 aromatic heterocycles. The first kappa shape index (κ1) is 15.5. The second kappa shape index (κ2) is 7.76. The largest absolute Gasteiger partial charge is 0.394 e. The summed E-state index contributed by atoms with van der Waals surface area (Å²) >= 11 is 1.72. The second-order valence-corrected chi connectivity index (χ2v) is 6.31. The Labute approximate surface area is 124 Å².